The Morgan fingerprint density at radius 3 is 2.32 bits per heavy atom. The SMILES string of the molecule is CSc1ccc(COC(=O)CSCC(=O)Nc2ccc(C)cc2)cc1. The topological polar surface area (TPSA) is 55.4 Å². The predicted molar refractivity (Wildman–Crippen MR) is 105 cm³/mol. The molecule has 132 valence electrons. The molecule has 1 amide bonds. The van der Waals surface area contributed by atoms with Crippen LogP contribution in [-0.2, 0) is 20.9 Å². The summed E-state index contributed by atoms with van der Waals surface area (Å²) in [7, 11) is 0. The summed E-state index contributed by atoms with van der Waals surface area (Å²) in [6.45, 7) is 2.24. The molecule has 0 saturated carbocycles. The Morgan fingerprint density at radius 1 is 1.00 bits per heavy atom. The minimum Gasteiger partial charge on any atom is -0.460 e. The first-order valence-electron chi connectivity index (χ1n) is 7.79. The zero-order valence-corrected chi connectivity index (χ0v) is 15.9. The number of hydrogen-bond acceptors (Lipinski definition) is 5. The minimum atomic E-state index is -0.318. The van der Waals surface area contributed by atoms with E-state index in [0.717, 1.165) is 16.8 Å². The average Bonchev–Trinajstić information content (AvgIpc) is 2.62. The van der Waals surface area contributed by atoms with E-state index in [-0.39, 0.29) is 30.0 Å². The second-order valence-corrected chi connectivity index (χ2v) is 7.28. The van der Waals surface area contributed by atoms with Crippen LogP contribution in [0.3, 0.4) is 0 Å². The summed E-state index contributed by atoms with van der Waals surface area (Å²) in [4.78, 5) is 24.7. The number of esters is 1. The van der Waals surface area contributed by atoms with Crippen LogP contribution >= 0.6 is 23.5 Å². The Kier molecular flexibility index (Phi) is 7.88. The van der Waals surface area contributed by atoms with E-state index in [4.69, 9.17) is 4.74 Å². The van der Waals surface area contributed by atoms with Crippen LogP contribution in [0.25, 0.3) is 0 Å². The number of anilines is 1. The molecule has 0 aliphatic rings. The van der Waals surface area contributed by atoms with Crippen LogP contribution in [0.4, 0.5) is 5.69 Å². The fraction of sp³-hybridized carbons (Fsp3) is 0.263. The van der Waals surface area contributed by atoms with E-state index in [1.54, 1.807) is 11.8 Å². The van der Waals surface area contributed by atoms with Crippen LogP contribution in [0, 0.1) is 6.92 Å². The molecule has 0 fully saturated rings. The number of nitrogens with one attached hydrogen (secondary N) is 1. The Balaban J connectivity index is 1.64. The first-order valence-corrected chi connectivity index (χ1v) is 10.2. The van der Waals surface area contributed by atoms with Crippen molar-refractivity contribution in [2.24, 2.45) is 0 Å². The zero-order chi connectivity index (χ0) is 18.1. The molecule has 0 heterocycles. The highest BCUT2D eigenvalue weighted by molar-refractivity contribution is 8.00. The summed E-state index contributed by atoms with van der Waals surface area (Å²) in [5, 5.41) is 2.80. The van der Waals surface area contributed by atoms with Crippen LogP contribution in [0.2, 0.25) is 0 Å². The summed E-state index contributed by atoms with van der Waals surface area (Å²) in [6, 6.07) is 15.5. The summed E-state index contributed by atoms with van der Waals surface area (Å²) in [6.07, 6.45) is 2.02. The van der Waals surface area contributed by atoms with Gasteiger partial charge < -0.3 is 10.1 Å². The molecular formula is C19H21NO3S2. The molecule has 6 heteroatoms. The van der Waals surface area contributed by atoms with E-state index >= 15 is 0 Å². The number of carbonyl (C=O) groups excluding carboxylic acids is 2. The van der Waals surface area contributed by atoms with Crippen molar-refractivity contribution in [1.82, 2.24) is 0 Å². The van der Waals surface area contributed by atoms with E-state index in [2.05, 4.69) is 5.32 Å². The van der Waals surface area contributed by atoms with Gasteiger partial charge in [-0.15, -0.1) is 23.5 Å². The Bertz CT molecular complexity index is 700. The molecule has 2 aromatic carbocycles. The van der Waals surface area contributed by atoms with Gasteiger partial charge in [-0.1, -0.05) is 29.8 Å². The number of carbonyl (C=O) groups is 2. The van der Waals surface area contributed by atoms with Crippen LogP contribution < -0.4 is 5.32 Å². The molecule has 0 aliphatic heterocycles. The third kappa shape index (κ3) is 7.23. The molecule has 0 saturated heterocycles. The molecule has 2 aromatic rings. The van der Waals surface area contributed by atoms with Gasteiger partial charge >= 0.3 is 5.97 Å². The Labute approximate surface area is 156 Å². The maximum absolute atomic E-state index is 11.8. The highest BCUT2D eigenvalue weighted by atomic mass is 32.2. The van der Waals surface area contributed by atoms with Gasteiger partial charge in [0.2, 0.25) is 5.91 Å². The van der Waals surface area contributed by atoms with E-state index < -0.39 is 0 Å². The van der Waals surface area contributed by atoms with Crippen molar-refractivity contribution < 1.29 is 14.3 Å². The molecule has 0 radical (unpaired) electrons. The van der Waals surface area contributed by atoms with Crippen molar-refractivity contribution in [3.05, 3.63) is 59.7 Å². The van der Waals surface area contributed by atoms with Crippen molar-refractivity contribution in [3.63, 3.8) is 0 Å². The van der Waals surface area contributed by atoms with Crippen LogP contribution in [-0.4, -0.2) is 29.6 Å². The molecule has 0 unspecified atom stereocenters. The van der Waals surface area contributed by atoms with Crippen molar-refractivity contribution in [3.8, 4) is 0 Å². The van der Waals surface area contributed by atoms with E-state index in [9.17, 15) is 9.59 Å². The highest BCUT2D eigenvalue weighted by Gasteiger charge is 2.07. The monoisotopic (exact) mass is 375 g/mol. The number of aryl methyl sites for hydroxylation is 1. The van der Waals surface area contributed by atoms with Crippen molar-refractivity contribution >= 4 is 41.1 Å². The molecule has 0 aromatic heterocycles. The standard InChI is InChI=1S/C19H21NO3S2/c1-14-3-7-16(8-4-14)20-18(21)12-25-13-19(22)23-11-15-5-9-17(24-2)10-6-15/h3-10H,11-13H2,1-2H3,(H,20,21). The molecule has 0 bridgehead atoms. The van der Waals surface area contributed by atoms with Crippen LogP contribution in [0.15, 0.2) is 53.4 Å². The number of ether oxygens (including phenoxy) is 1. The van der Waals surface area contributed by atoms with Gasteiger partial charge in [-0.3, -0.25) is 9.59 Å². The minimum absolute atomic E-state index is 0.130. The van der Waals surface area contributed by atoms with Gasteiger partial charge in [0.05, 0.1) is 11.5 Å². The van der Waals surface area contributed by atoms with E-state index in [0.29, 0.717) is 0 Å². The van der Waals surface area contributed by atoms with E-state index in [1.807, 2.05) is 61.7 Å². The first kappa shape index (κ1) is 19.4. The molecule has 0 spiro atoms. The molecule has 25 heavy (non-hydrogen) atoms. The number of rotatable bonds is 8. The van der Waals surface area contributed by atoms with Gasteiger partial charge in [-0.2, -0.15) is 0 Å². The highest BCUT2D eigenvalue weighted by Crippen LogP contribution is 2.15. The normalized spacial score (nSPS) is 10.3. The Hall–Kier alpha value is -1.92. The molecule has 1 N–H and O–H groups in total. The fourth-order valence-corrected chi connectivity index (χ4v) is 3.01. The molecule has 0 atom stereocenters. The molecule has 0 aliphatic carbocycles. The number of thioether (sulfide) groups is 2. The smallest absolute Gasteiger partial charge is 0.316 e. The van der Waals surface area contributed by atoms with E-state index in [1.165, 1.54) is 16.7 Å². The van der Waals surface area contributed by atoms with Gasteiger partial charge in [0.1, 0.15) is 6.61 Å². The molecular weight excluding hydrogens is 354 g/mol. The molecule has 4 nitrogen and oxygen atoms in total. The summed E-state index contributed by atoms with van der Waals surface area (Å²) < 4.78 is 5.22. The quantitative estimate of drug-likeness (QED) is 0.555. The number of hydrogen-bond donors (Lipinski definition) is 1. The lowest BCUT2D eigenvalue weighted by molar-refractivity contribution is -0.141. The summed E-state index contributed by atoms with van der Waals surface area (Å²) in [5.74, 6) is -0.0771. The lowest BCUT2D eigenvalue weighted by atomic mass is 10.2. The fourth-order valence-electron chi connectivity index (χ4n) is 1.99. The molecule has 2 rings (SSSR count). The lowest BCUT2D eigenvalue weighted by Gasteiger charge is -2.07. The van der Waals surface area contributed by atoms with Crippen LogP contribution in [0.1, 0.15) is 11.1 Å². The average molecular weight is 376 g/mol. The third-order valence-electron chi connectivity index (χ3n) is 3.35. The lowest BCUT2D eigenvalue weighted by Crippen LogP contribution is -2.16. The summed E-state index contributed by atoms with van der Waals surface area (Å²) >= 11 is 2.91. The summed E-state index contributed by atoms with van der Waals surface area (Å²) in [5.41, 5.74) is 2.85. The second kappa shape index (κ2) is 10.2. The van der Waals surface area contributed by atoms with Crippen molar-refractivity contribution in [1.29, 1.82) is 0 Å². The van der Waals surface area contributed by atoms with Gasteiger partial charge in [-0.05, 0) is 43.0 Å². The largest absolute Gasteiger partial charge is 0.460 e. The zero-order valence-electron chi connectivity index (χ0n) is 14.3. The van der Waals surface area contributed by atoms with Crippen molar-refractivity contribution in [2.75, 3.05) is 23.1 Å². The van der Waals surface area contributed by atoms with Crippen molar-refractivity contribution in [2.45, 2.75) is 18.4 Å². The maximum atomic E-state index is 11.8. The van der Waals surface area contributed by atoms with Gasteiger partial charge in [0, 0.05) is 10.6 Å². The van der Waals surface area contributed by atoms with Crippen LogP contribution in [0.5, 0.6) is 0 Å². The number of benzene rings is 2. The second-order valence-electron chi connectivity index (χ2n) is 5.42. The van der Waals surface area contributed by atoms with Gasteiger partial charge in [0.15, 0.2) is 0 Å². The van der Waals surface area contributed by atoms with Gasteiger partial charge in [0.25, 0.3) is 0 Å². The predicted octanol–water partition coefficient (Wildman–Crippen LogP) is 4.13. The van der Waals surface area contributed by atoms with Gasteiger partial charge in [-0.25, -0.2) is 0 Å². The first-order chi connectivity index (χ1) is 12.1. The third-order valence-corrected chi connectivity index (χ3v) is 5.00. The number of amides is 1. The maximum Gasteiger partial charge on any atom is 0.316 e. The Morgan fingerprint density at radius 2 is 1.68 bits per heavy atom.